The SMILES string of the molecule is CCC1CCC(C#N)C(N(CC)CC)C1. The highest BCUT2D eigenvalue weighted by Gasteiger charge is 2.32. The Morgan fingerprint density at radius 3 is 2.33 bits per heavy atom. The van der Waals surface area contributed by atoms with Crippen molar-refractivity contribution in [3.63, 3.8) is 0 Å². The monoisotopic (exact) mass is 208 g/mol. The van der Waals surface area contributed by atoms with Crippen LogP contribution in [0.5, 0.6) is 0 Å². The summed E-state index contributed by atoms with van der Waals surface area (Å²) in [5, 5.41) is 9.18. The third kappa shape index (κ3) is 2.95. The maximum Gasteiger partial charge on any atom is 0.0672 e. The van der Waals surface area contributed by atoms with Crippen LogP contribution in [-0.4, -0.2) is 24.0 Å². The number of nitrogens with zero attached hydrogens (tertiary/aromatic N) is 2. The molecule has 0 amide bonds. The minimum atomic E-state index is 0.271. The number of nitriles is 1. The van der Waals surface area contributed by atoms with Gasteiger partial charge in [-0.1, -0.05) is 27.2 Å². The molecule has 0 spiro atoms. The Morgan fingerprint density at radius 1 is 1.20 bits per heavy atom. The van der Waals surface area contributed by atoms with Crippen molar-refractivity contribution in [3.8, 4) is 6.07 Å². The summed E-state index contributed by atoms with van der Waals surface area (Å²) >= 11 is 0. The van der Waals surface area contributed by atoms with E-state index in [0.717, 1.165) is 25.4 Å². The van der Waals surface area contributed by atoms with Gasteiger partial charge in [-0.25, -0.2) is 0 Å². The molecule has 2 nitrogen and oxygen atoms in total. The second-order valence-corrected chi connectivity index (χ2v) is 4.61. The highest BCUT2D eigenvalue weighted by atomic mass is 15.1. The smallest absolute Gasteiger partial charge is 0.0672 e. The molecule has 1 fully saturated rings. The molecule has 1 rings (SSSR count). The van der Waals surface area contributed by atoms with Crippen LogP contribution in [-0.2, 0) is 0 Å². The van der Waals surface area contributed by atoms with Gasteiger partial charge in [-0.05, 0) is 38.3 Å². The average molecular weight is 208 g/mol. The fraction of sp³-hybridized carbons (Fsp3) is 0.923. The Hall–Kier alpha value is -0.550. The summed E-state index contributed by atoms with van der Waals surface area (Å²) < 4.78 is 0. The van der Waals surface area contributed by atoms with E-state index in [1.54, 1.807) is 0 Å². The fourth-order valence-corrected chi connectivity index (χ4v) is 2.85. The first-order chi connectivity index (χ1) is 7.26. The van der Waals surface area contributed by atoms with E-state index in [-0.39, 0.29) is 5.92 Å². The molecule has 0 aromatic carbocycles. The predicted molar refractivity (Wildman–Crippen MR) is 63.4 cm³/mol. The van der Waals surface area contributed by atoms with Crippen molar-refractivity contribution in [2.45, 2.75) is 52.5 Å². The second-order valence-electron chi connectivity index (χ2n) is 4.61. The Bertz CT molecular complexity index is 215. The standard InChI is InChI=1S/C13H24N2/c1-4-11-7-8-12(10-14)13(9-11)15(5-2)6-3/h11-13H,4-9H2,1-3H3. The molecule has 3 unspecified atom stereocenters. The third-order valence-corrected chi connectivity index (χ3v) is 3.95. The molecule has 0 aliphatic heterocycles. The minimum Gasteiger partial charge on any atom is -0.300 e. The molecular formula is C13H24N2. The molecule has 86 valence electrons. The van der Waals surface area contributed by atoms with Crippen molar-refractivity contribution >= 4 is 0 Å². The van der Waals surface area contributed by atoms with Crippen LogP contribution < -0.4 is 0 Å². The van der Waals surface area contributed by atoms with Crippen molar-refractivity contribution in [1.82, 2.24) is 4.90 Å². The molecule has 2 heteroatoms. The van der Waals surface area contributed by atoms with Crippen LogP contribution in [0.4, 0.5) is 0 Å². The van der Waals surface area contributed by atoms with Gasteiger partial charge in [0, 0.05) is 6.04 Å². The van der Waals surface area contributed by atoms with Crippen molar-refractivity contribution in [3.05, 3.63) is 0 Å². The molecule has 0 N–H and O–H groups in total. The van der Waals surface area contributed by atoms with Gasteiger partial charge >= 0.3 is 0 Å². The summed E-state index contributed by atoms with van der Waals surface area (Å²) in [5.41, 5.74) is 0. The fourth-order valence-electron chi connectivity index (χ4n) is 2.85. The lowest BCUT2D eigenvalue weighted by Crippen LogP contribution is -2.43. The molecule has 0 aromatic heterocycles. The quantitative estimate of drug-likeness (QED) is 0.710. The zero-order valence-corrected chi connectivity index (χ0v) is 10.4. The van der Waals surface area contributed by atoms with Crippen LogP contribution in [0.2, 0.25) is 0 Å². The molecule has 15 heavy (non-hydrogen) atoms. The molecule has 3 atom stereocenters. The number of hydrogen-bond acceptors (Lipinski definition) is 2. The van der Waals surface area contributed by atoms with Crippen molar-refractivity contribution < 1.29 is 0 Å². The summed E-state index contributed by atoms with van der Waals surface area (Å²) in [7, 11) is 0. The first kappa shape index (κ1) is 12.5. The van der Waals surface area contributed by atoms with Crippen molar-refractivity contribution in [2.75, 3.05) is 13.1 Å². The van der Waals surface area contributed by atoms with Crippen LogP contribution >= 0.6 is 0 Å². The zero-order valence-electron chi connectivity index (χ0n) is 10.4. The van der Waals surface area contributed by atoms with E-state index in [1.807, 2.05) is 0 Å². The Labute approximate surface area is 94.3 Å². The Morgan fingerprint density at radius 2 is 1.87 bits per heavy atom. The van der Waals surface area contributed by atoms with Crippen LogP contribution in [0.25, 0.3) is 0 Å². The topological polar surface area (TPSA) is 27.0 Å². The molecule has 1 aliphatic rings. The van der Waals surface area contributed by atoms with E-state index < -0.39 is 0 Å². The Kier molecular flexibility index (Phi) is 5.11. The van der Waals surface area contributed by atoms with Crippen LogP contribution in [0.1, 0.15) is 46.5 Å². The highest BCUT2D eigenvalue weighted by Crippen LogP contribution is 2.33. The summed E-state index contributed by atoms with van der Waals surface area (Å²) in [5.74, 6) is 1.12. The van der Waals surface area contributed by atoms with Gasteiger partial charge in [0.05, 0.1) is 12.0 Å². The molecule has 1 saturated carbocycles. The lowest BCUT2D eigenvalue weighted by molar-refractivity contribution is 0.109. The van der Waals surface area contributed by atoms with Gasteiger partial charge in [0.15, 0.2) is 0 Å². The molecular weight excluding hydrogens is 184 g/mol. The number of hydrogen-bond donors (Lipinski definition) is 0. The van der Waals surface area contributed by atoms with Gasteiger partial charge < -0.3 is 0 Å². The molecule has 0 bridgehead atoms. The van der Waals surface area contributed by atoms with E-state index in [0.29, 0.717) is 6.04 Å². The van der Waals surface area contributed by atoms with Crippen LogP contribution in [0, 0.1) is 23.2 Å². The molecule has 0 radical (unpaired) electrons. The Balaban J connectivity index is 2.66. The maximum absolute atomic E-state index is 9.18. The van der Waals surface area contributed by atoms with E-state index in [4.69, 9.17) is 0 Å². The van der Waals surface area contributed by atoms with Crippen LogP contribution in [0.15, 0.2) is 0 Å². The number of rotatable bonds is 4. The lowest BCUT2D eigenvalue weighted by Gasteiger charge is -2.39. The van der Waals surface area contributed by atoms with Crippen molar-refractivity contribution in [2.24, 2.45) is 11.8 Å². The summed E-state index contributed by atoms with van der Waals surface area (Å²) in [6.45, 7) is 8.84. The summed E-state index contributed by atoms with van der Waals surface area (Å²) in [6.07, 6.45) is 4.87. The van der Waals surface area contributed by atoms with Crippen LogP contribution in [0.3, 0.4) is 0 Å². The third-order valence-electron chi connectivity index (χ3n) is 3.95. The van der Waals surface area contributed by atoms with Gasteiger partial charge in [0.2, 0.25) is 0 Å². The molecule has 0 aromatic rings. The summed E-state index contributed by atoms with van der Waals surface area (Å²) in [6, 6.07) is 3.02. The summed E-state index contributed by atoms with van der Waals surface area (Å²) in [4.78, 5) is 2.47. The van der Waals surface area contributed by atoms with Gasteiger partial charge in [-0.3, -0.25) is 4.90 Å². The minimum absolute atomic E-state index is 0.271. The maximum atomic E-state index is 9.18. The largest absolute Gasteiger partial charge is 0.300 e. The first-order valence-corrected chi connectivity index (χ1v) is 6.40. The highest BCUT2D eigenvalue weighted by molar-refractivity contribution is 4.97. The molecule has 0 saturated heterocycles. The van der Waals surface area contributed by atoms with Gasteiger partial charge in [-0.15, -0.1) is 0 Å². The van der Waals surface area contributed by atoms with Gasteiger partial charge in [-0.2, -0.15) is 5.26 Å². The first-order valence-electron chi connectivity index (χ1n) is 6.40. The van der Waals surface area contributed by atoms with E-state index in [9.17, 15) is 5.26 Å². The lowest BCUT2D eigenvalue weighted by atomic mass is 9.77. The normalized spacial score (nSPS) is 31.5. The van der Waals surface area contributed by atoms with E-state index in [2.05, 4.69) is 31.7 Å². The predicted octanol–water partition coefficient (Wildman–Crippen LogP) is 3.05. The zero-order chi connectivity index (χ0) is 11.3. The van der Waals surface area contributed by atoms with E-state index >= 15 is 0 Å². The second kappa shape index (κ2) is 6.12. The molecule has 1 aliphatic carbocycles. The average Bonchev–Trinajstić information content (AvgIpc) is 2.30. The van der Waals surface area contributed by atoms with E-state index in [1.165, 1.54) is 19.3 Å². The van der Waals surface area contributed by atoms with Gasteiger partial charge in [0.1, 0.15) is 0 Å². The van der Waals surface area contributed by atoms with Crippen molar-refractivity contribution in [1.29, 1.82) is 5.26 Å². The molecule has 0 heterocycles. The van der Waals surface area contributed by atoms with Gasteiger partial charge in [0.25, 0.3) is 0 Å².